The van der Waals surface area contributed by atoms with Crippen LogP contribution >= 0.6 is 0 Å². The Labute approximate surface area is 151 Å². The molecule has 3 rings (SSSR count). The van der Waals surface area contributed by atoms with Crippen molar-refractivity contribution in [2.45, 2.75) is 32.3 Å². The number of aromatic nitrogens is 1. The van der Waals surface area contributed by atoms with E-state index in [1.54, 1.807) is 24.4 Å². The van der Waals surface area contributed by atoms with Crippen LogP contribution in [0.2, 0.25) is 0 Å². The molecule has 0 radical (unpaired) electrons. The number of hydrogen-bond donors (Lipinski definition) is 1. The van der Waals surface area contributed by atoms with Crippen molar-refractivity contribution in [3.05, 3.63) is 48.4 Å². The highest BCUT2D eigenvalue weighted by Crippen LogP contribution is 2.36. The van der Waals surface area contributed by atoms with Gasteiger partial charge in [0, 0.05) is 18.4 Å². The van der Waals surface area contributed by atoms with Crippen LogP contribution in [0.3, 0.4) is 0 Å². The van der Waals surface area contributed by atoms with Gasteiger partial charge in [-0.3, -0.25) is 14.5 Å². The summed E-state index contributed by atoms with van der Waals surface area (Å²) in [6, 6.07) is 8.82. The highest BCUT2D eigenvalue weighted by molar-refractivity contribution is 6.19. The second-order valence-corrected chi connectivity index (χ2v) is 6.24. The second-order valence-electron chi connectivity index (χ2n) is 6.24. The molecule has 136 valence electrons. The molecule has 1 aliphatic rings. The van der Waals surface area contributed by atoms with Crippen LogP contribution in [-0.2, 0) is 9.59 Å². The quantitative estimate of drug-likeness (QED) is 0.835. The van der Waals surface area contributed by atoms with Crippen LogP contribution in [0.15, 0.2) is 42.6 Å². The third kappa shape index (κ3) is 3.24. The lowest BCUT2D eigenvalue weighted by Crippen LogP contribution is -2.61. The molecule has 0 spiro atoms. The summed E-state index contributed by atoms with van der Waals surface area (Å²) in [5.74, 6) is -0.875. The van der Waals surface area contributed by atoms with Gasteiger partial charge in [0.25, 0.3) is 17.4 Å². The minimum Gasteiger partial charge on any atom is -0.464 e. The molecule has 1 atom stereocenters. The van der Waals surface area contributed by atoms with Crippen LogP contribution in [0.4, 0.5) is 15.9 Å². The maximum absolute atomic E-state index is 13.4. The van der Waals surface area contributed by atoms with Gasteiger partial charge in [0.1, 0.15) is 5.82 Å². The van der Waals surface area contributed by atoms with E-state index in [0.29, 0.717) is 18.1 Å². The Bertz CT molecular complexity index is 842. The van der Waals surface area contributed by atoms with Crippen LogP contribution in [0.5, 0.6) is 5.75 Å². The maximum atomic E-state index is 13.4. The van der Waals surface area contributed by atoms with Gasteiger partial charge in [0.15, 0.2) is 11.6 Å². The number of amides is 2. The summed E-state index contributed by atoms with van der Waals surface area (Å²) in [4.78, 5) is 31.6. The Balaban J connectivity index is 1.92. The lowest BCUT2D eigenvalue weighted by Gasteiger charge is -2.38. The SMILES string of the molecule is CCCCN1C(=O)C(C)(C(=O)Nc2cccc(F)c2)Oc2cccnc21. The van der Waals surface area contributed by atoms with Gasteiger partial charge in [0.05, 0.1) is 0 Å². The first-order valence-electron chi connectivity index (χ1n) is 8.48. The van der Waals surface area contributed by atoms with Gasteiger partial charge in [-0.1, -0.05) is 19.4 Å². The Morgan fingerprint density at radius 1 is 1.35 bits per heavy atom. The standard InChI is InChI=1S/C19H20FN3O3/c1-3-4-11-23-16-15(9-6-10-21-16)26-19(2,18(23)25)17(24)22-14-8-5-7-13(20)12-14/h5-10,12H,3-4,11H2,1-2H3,(H,22,24). The van der Waals surface area contributed by atoms with E-state index in [4.69, 9.17) is 4.74 Å². The number of rotatable bonds is 5. The first-order chi connectivity index (χ1) is 12.5. The number of fused-ring (bicyclic) bond motifs is 1. The van der Waals surface area contributed by atoms with E-state index in [1.165, 1.54) is 30.0 Å². The van der Waals surface area contributed by atoms with Crippen molar-refractivity contribution in [2.75, 3.05) is 16.8 Å². The van der Waals surface area contributed by atoms with Gasteiger partial charge in [-0.2, -0.15) is 0 Å². The lowest BCUT2D eigenvalue weighted by atomic mass is 10.0. The maximum Gasteiger partial charge on any atom is 0.282 e. The van der Waals surface area contributed by atoms with E-state index >= 15 is 0 Å². The predicted molar refractivity (Wildman–Crippen MR) is 95.6 cm³/mol. The first kappa shape index (κ1) is 17.8. The van der Waals surface area contributed by atoms with Gasteiger partial charge in [0.2, 0.25) is 0 Å². The highest BCUT2D eigenvalue weighted by atomic mass is 19.1. The average Bonchev–Trinajstić information content (AvgIpc) is 2.62. The molecule has 1 aliphatic heterocycles. The third-order valence-electron chi connectivity index (χ3n) is 4.22. The molecule has 6 nitrogen and oxygen atoms in total. The number of halogens is 1. The van der Waals surface area contributed by atoms with Crippen molar-refractivity contribution in [2.24, 2.45) is 0 Å². The highest BCUT2D eigenvalue weighted by Gasteiger charge is 2.51. The van der Waals surface area contributed by atoms with Gasteiger partial charge in [-0.25, -0.2) is 9.37 Å². The molecule has 0 saturated heterocycles. The fourth-order valence-electron chi connectivity index (χ4n) is 2.77. The van der Waals surface area contributed by atoms with E-state index in [9.17, 15) is 14.0 Å². The summed E-state index contributed by atoms with van der Waals surface area (Å²) in [5, 5.41) is 2.56. The Hall–Kier alpha value is -2.96. The molecule has 1 N–H and O–H groups in total. The van der Waals surface area contributed by atoms with Gasteiger partial charge in [-0.15, -0.1) is 0 Å². The zero-order valence-electron chi connectivity index (χ0n) is 14.7. The zero-order valence-corrected chi connectivity index (χ0v) is 14.7. The number of benzene rings is 1. The zero-order chi connectivity index (χ0) is 18.7. The molecule has 2 aromatic rings. The van der Waals surface area contributed by atoms with Gasteiger partial charge < -0.3 is 10.1 Å². The summed E-state index contributed by atoms with van der Waals surface area (Å²) < 4.78 is 19.1. The monoisotopic (exact) mass is 357 g/mol. The molecule has 1 unspecified atom stereocenters. The van der Waals surface area contributed by atoms with Crippen molar-refractivity contribution in [1.82, 2.24) is 4.98 Å². The minimum atomic E-state index is -1.77. The number of anilines is 2. The number of nitrogens with one attached hydrogen (secondary N) is 1. The fraction of sp³-hybridized carbons (Fsp3) is 0.316. The molecular formula is C19H20FN3O3. The van der Waals surface area contributed by atoms with Gasteiger partial charge >= 0.3 is 0 Å². The number of hydrogen-bond acceptors (Lipinski definition) is 4. The first-order valence-corrected chi connectivity index (χ1v) is 8.48. The molecule has 0 saturated carbocycles. The molecule has 0 aliphatic carbocycles. The van der Waals surface area contributed by atoms with Crippen molar-refractivity contribution < 1.29 is 18.7 Å². The van der Waals surface area contributed by atoms with Gasteiger partial charge in [-0.05, 0) is 43.7 Å². The van der Waals surface area contributed by atoms with Crippen LogP contribution in [0.25, 0.3) is 0 Å². The summed E-state index contributed by atoms with van der Waals surface area (Å²) in [7, 11) is 0. The number of ether oxygens (including phenoxy) is 1. The molecule has 2 amide bonds. The van der Waals surface area contributed by atoms with E-state index in [-0.39, 0.29) is 5.69 Å². The number of nitrogens with zero attached hydrogens (tertiary/aromatic N) is 2. The van der Waals surface area contributed by atoms with Crippen LogP contribution in [0, 0.1) is 5.82 Å². The topological polar surface area (TPSA) is 71.5 Å². The smallest absolute Gasteiger partial charge is 0.282 e. The van der Waals surface area contributed by atoms with Crippen molar-refractivity contribution in [3.63, 3.8) is 0 Å². The molecule has 0 fully saturated rings. The number of pyridine rings is 1. The summed E-state index contributed by atoms with van der Waals surface area (Å²) >= 11 is 0. The van der Waals surface area contributed by atoms with Crippen LogP contribution in [-0.4, -0.2) is 28.9 Å². The summed E-state index contributed by atoms with van der Waals surface area (Å²) in [6.07, 6.45) is 3.23. The van der Waals surface area contributed by atoms with Crippen molar-refractivity contribution in [3.8, 4) is 5.75 Å². The van der Waals surface area contributed by atoms with E-state index in [2.05, 4.69) is 10.3 Å². The molecular weight excluding hydrogens is 337 g/mol. The summed E-state index contributed by atoms with van der Waals surface area (Å²) in [6.45, 7) is 3.87. The molecule has 1 aromatic heterocycles. The lowest BCUT2D eigenvalue weighted by molar-refractivity contribution is -0.145. The number of carbonyl (C=O) groups excluding carboxylic acids is 2. The normalized spacial score (nSPS) is 18.9. The van der Waals surface area contributed by atoms with Crippen LogP contribution in [0.1, 0.15) is 26.7 Å². The number of unbranched alkanes of at least 4 members (excludes halogenated alkanes) is 1. The Kier molecular flexibility index (Phi) is 4.88. The van der Waals surface area contributed by atoms with E-state index in [0.717, 1.165) is 12.8 Å². The van der Waals surface area contributed by atoms with Crippen molar-refractivity contribution >= 4 is 23.3 Å². The molecule has 0 bridgehead atoms. The Morgan fingerprint density at radius 3 is 2.88 bits per heavy atom. The van der Waals surface area contributed by atoms with Crippen LogP contribution < -0.4 is 15.0 Å². The molecule has 2 heterocycles. The second kappa shape index (κ2) is 7.11. The largest absolute Gasteiger partial charge is 0.464 e. The molecule has 26 heavy (non-hydrogen) atoms. The Morgan fingerprint density at radius 2 is 2.15 bits per heavy atom. The third-order valence-corrected chi connectivity index (χ3v) is 4.22. The fourth-order valence-corrected chi connectivity index (χ4v) is 2.77. The predicted octanol–water partition coefficient (Wildman–Crippen LogP) is 3.14. The van der Waals surface area contributed by atoms with E-state index in [1.807, 2.05) is 6.92 Å². The molecule has 7 heteroatoms. The van der Waals surface area contributed by atoms with Crippen molar-refractivity contribution in [1.29, 1.82) is 0 Å². The summed E-state index contributed by atoms with van der Waals surface area (Å²) in [5.41, 5.74) is -1.51. The molecule has 1 aromatic carbocycles. The van der Waals surface area contributed by atoms with E-state index < -0.39 is 23.2 Å². The minimum absolute atomic E-state index is 0.254. The number of carbonyl (C=O) groups is 2. The average molecular weight is 357 g/mol.